The van der Waals surface area contributed by atoms with Crippen LogP contribution in [0.4, 0.5) is 5.69 Å². The van der Waals surface area contributed by atoms with Crippen molar-refractivity contribution < 1.29 is 0 Å². The summed E-state index contributed by atoms with van der Waals surface area (Å²) in [5.74, 6) is 0. The molecule has 2 nitrogen and oxygen atoms in total. The predicted octanol–water partition coefficient (Wildman–Crippen LogP) is 3.98. The first-order valence-corrected chi connectivity index (χ1v) is 4.79. The molecule has 2 aromatic carbocycles. The molecule has 73 valence electrons. The summed E-state index contributed by atoms with van der Waals surface area (Å²) in [5.41, 5.74) is 1.92. The third kappa shape index (κ3) is 3.02. The van der Waals surface area contributed by atoms with Gasteiger partial charge in [0.15, 0.2) is 0 Å². The number of rotatable bonds is 3. The summed E-state index contributed by atoms with van der Waals surface area (Å²) in [7, 11) is 0. The van der Waals surface area contributed by atoms with E-state index in [-0.39, 0.29) is 0 Å². The van der Waals surface area contributed by atoms with Crippen LogP contribution >= 0.6 is 0 Å². The quantitative estimate of drug-likeness (QED) is 0.662. The maximum absolute atomic E-state index is 4.07. The van der Waals surface area contributed by atoms with E-state index in [1.54, 1.807) is 6.54 Å². The highest BCUT2D eigenvalue weighted by molar-refractivity contribution is 5.35. The van der Waals surface area contributed by atoms with Crippen LogP contribution in [-0.2, 0) is 0 Å². The van der Waals surface area contributed by atoms with Gasteiger partial charge in [-0.2, -0.15) is 10.2 Å². The molecule has 0 saturated heterocycles. The smallest absolute Gasteiger partial charge is 0.124 e. The van der Waals surface area contributed by atoms with E-state index in [0.717, 1.165) is 11.3 Å². The average Bonchev–Trinajstić information content (AvgIpc) is 2.32. The fourth-order valence-electron chi connectivity index (χ4n) is 1.20. The van der Waals surface area contributed by atoms with Crippen molar-refractivity contribution in [2.24, 2.45) is 10.2 Å². The van der Waals surface area contributed by atoms with Crippen molar-refractivity contribution in [3.63, 3.8) is 0 Å². The van der Waals surface area contributed by atoms with Gasteiger partial charge in [-0.15, -0.1) is 0 Å². The highest BCUT2D eigenvalue weighted by Crippen LogP contribution is 2.12. The molecule has 2 aromatic rings. The first-order valence-electron chi connectivity index (χ1n) is 4.79. The van der Waals surface area contributed by atoms with Crippen molar-refractivity contribution in [1.82, 2.24) is 0 Å². The summed E-state index contributed by atoms with van der Waals surface area (Å²) in [4.78, 5) is 0. The zero-order chi connectivity index (χ0) is 10.3. The number of nitrogens with zero attached hydrogens (tertiary/aromatic N) is 2. The Balaban J connectivity index is 1.97. The highest BCUT2D eigenvalue weighted by atomic mass is 15.1. The Morgan fingerprint density at radius 2 is 1.33 bits per heavy atom. The Hall–Kier alpha value is -1.96. The minimum absolute atomic E-state index is 0.865. The fraction of sp³-hybridized carbons (Fsp3) is 0. The van der Waals surface area contributed by atoms with E-state index in [9.17, 15) is 0 Å². The Kier molecular flexibility index (Phi) is 3.23. The largest absolute Gasteiger partial charge is 0.178 e. The van der Waals surface area contributed by atoms with Gasteiger partial charge in [0.25, 0.3) is 0 Å². The molecule has 0 N–H and O–H groups in total. The normalized spacial score (nSPS) is 10.7. The van der Waals surface area contributed by atoms with Crippen LogP contribution in [-0.4, -0.2) is 0 Å². The van der Waals surface area contributed by atoms with E-state index in [4.69, 9.17) is 0 Å². The van der Waals surface area contributed by atoms with Gasteiger partial charge in [-0.3, -0.25) is 0 Å². The first-order chi connectivity index (χ1) is 7.45. The van der Waals surface area contributed by atoms with Gasteiger partial charge in [0.1, 0.15) is 6.54 Å². The predicted molar refractivity (Wildman–Crippen MR) is 60.8 cm³/mol. The molecule has 0 bridgehead atoms. The summed E-state index contributed by atoms with van der Waals surface area (Å²) in [6, 6.07) is 19.6. The summed E-state index contributed by atoms with van der Waals surface area (Å²) in [5, 5.41) is 8.08. The molecule has 0 aliphatic carbocycles. The molecule has 0 aromatic heterocycles. The van der Waals surface area contributed by atoms with Crippen molar-refractivity contribution in [1.29, 1.82) is 0 Å². The fourth-order valence-corrected chi connectivity index (χ4v) is 1.20. The lowest BCUT2D eigenvalue weighted by Crippen LogP contribution is -1.74. The second-order valence-electron chi connectivity index (χ2n) is 3.09. The lowest BCUT2D eigenvalue weighted by atomic mass is 10.2. The van der Waals surface area contributed by atoms with E-state index in [2.05, 4.69) is 10.2 Å². The topological polar surface area (TPSA) is 24.7 Å². The SMILES string of the molecule is [CH](N=Nc1ccccc1)c1ccccc1. The van der Waals surface area contributed by atoms with Gasteiger partial charge in [0.05, 0.1) is 5.69 Å². The molecule has 0 heterocycles. The highest BCUT2D eigenvalue weighted by Gasteiger charge is 1.89. The molecule has 2 rings (SSSR count). The maximum Gasteiger partial charge on any atom is 0.124 e. The Bertz CT molecular complexity index is 421. The van der Waals surface area contributed by atoms with Gasteiger partial charge in [-0.25, -0.2) is 0 Å². The lowest BCUT2D eigenvalue weighted by molar-refractivity contribution is 1.15. The molecular weight excluding hydrogens is 184 g/mol. The number of hydrogen-bond donors (Lipinski definition) is 0. The Labute approximate surface area is 89.3 Å². The van der Waals surface area contributed by atoms with Gasteiger partial charge in [-0.05, 0) is 17.7 Å². The summed E-state index contributed by atoms with van der Waals surface area (Å²) in [6.07, 6.45) is 0. The van der Waals surface area contributed by atoms with Gasteiger partial charge in [0.2, 0.25) is 0 Å². The first kappa shape index (κ1) is 9.59. The van der Waals surface area contributed by atoms with Gasteiger partial charge >= 0.3 is 0 Å². The average molecular weight is 195 g/mol. The standard InChI is InChI=1S/C13H11N2/c1-3-7-12(8-4-1)11-14-15-13-9-5-2-6-10-13/h1-11H. The minimum atomic E-state index is 0.865. The third-order valence-electron chi connectivity index (χ3n) is 1.94. The monoisotopic (exact) mass is 195 g/mol. The Morgan fingerprint density at radius 1 is 0.733 bits per heavy atom. The van der Waals surface area contributed by atoms with Crippen LogP contribution in [0.15, 0.2) is 70.9 Å². The number of azo groups is 1. The molecule has 0 unspecified atom stereocenters. The van der Waals surface area contributed by atoms with E-state index in [0.29, 0.717) is 0 Å². The van der Waals surface area contributed by atoms with Crippen molar-refractivity contribution >= 4 is 5.69 Å². The van der Waals surface area contributed by atoms with Crippen molar-refractivity contribution in [2.75, 3.05) is 0 Å². The molecular formula is C13H11N2. The van der Waals surface area contributed by atoms with E-state index in [1.807, 2.05) is 60.7 Å². The summed E-state index contributed by atoms with van der Waals surface area (Å²) >= 11 is 0. The van der Waals surface area contributed by atoms with Crippen LogP contribution in [0.25, 0.3) is 0 Å². The molecule has 0 aliphatic heterocycles. The molecule has 0 spiro atoms. The second-order valence-corrected chi connectivity index (χ2v) is 3.09. The van der Waals surface area contributed by atoms with Crippen LogP contribution in [0.1, 0.15) is 5.56 Å². The van der Waals surface area contributed by atoms with Crippen LogP contribution in [0, 0.1) is 6.54 Å². The molecule has 0 fully saturated rings. The molecule has 0 saturated carbocycles. The van der Waals surface area contributed by atoms with Crippen LogP contribution in [0.2, 0.25) is 0 Å². The molecule has 0 atom stereocenters. The summed E-state index contributed by atoms with van der Waals surface area (Å²) < 4.78 is 0. The van der Waals surface area contributed by atoms with E-state index in [1.165, 1.54) is 0 Å². The van der Waals surface area contributed by atoms with Crippen LogP contribution in [0.5, 0.6) is 0 Å². The summed E-state index contributed by atoms with van der Waals surface area (Å²) in [6.45, 7) is 1.74. The minimum Gasteiger partial charge on any atom is -0.178 e. The van der Waals surface area contributed by atoms with E-state index >= 15 is 0 Å². The molecule has 0 amide bonds. The molecule has 2 heteroatoms. The molecule has 0 aliphatic rings. The van der Waals surface area contributed by atoms with Gasteiger partial charge in [0, 0.05) is 0 Å². The zero-order valence-electron chi connectivity index (χ0n) is 8.25. The zero-order valence-corrected chi connectivity index (χ0v) is 8.25. The molecule has 1 radical (unpaired) electrons. The van der Waals surface area contributed by atoms with Gasteiger partial charge in [-0.1, -0.05) is 48.5 Å². The van der Waals surface area contributed by atoms with Crippen LogP contribution < -0.4 is 0 Å². The third-order valence-corrected chi connectivity index (χ3v) is 1.94. The van der Waals surface area contributed by atoms with Crippen molar-refractivity contribution in [2.45, 2.75) is 0 Å². The van der Waals surface area contributed by atoms with Gasteiger partial charge < -0.3 is 0 Å². The maximum atomic E-state index is 4.07. The second kappa shape index (κ2) is 5.05. The lowest BCUT2D eigenvalue weighted by Gasteiger charge is -1.93. The van der Waals surface area contributed by atoms with E-state index < -0.39 is 0 Å². The number of hydrogen-bond acceptors (Lipinski definition) is 2. The van der Waals surface area contributed by atoms with Crippen molar-refractivity contribution in [3.05, 3.63) is 72.8 Å². The van der Waals surface area contributed by atoms with Crippen molar-refractivity contribution in [3.8, 4) is 0 Å². The number of benzene rings is 2. The van der Waals surface area contributed by atoms with Crippen LogP contribution in [0.3, 0.4) is 0 Å². The molecule has 15 heavy (non-hydrogen) atoms. The Morgan fingerprint density at radius 3 is 2.00 bits per heavy atom.